The van der Waals surface area contributed by atoms with Gasteiger partial charge in [0.25, 0.3) is 0 Å². The Kier molecular flexibility index (Phi) is 4.99. The first-order valence-corrected chi connectivity index (χ1v) is 4.79. The highest BCUT2D eigenvalue weighted by atomic mass is 16.6. The maximum atomic E-state index is 11.4. The van der Waals surface area contributed by atoms with E-state index in [2.05, 4.69) is 0 Å². The predicted octanol–water partition coefficient (Wildman–Crippen LogP) is 1.70. The van der Waals surface area contributed by atoms with E-state index < -0.39 is 0 Å². The molecular weight excluding hydrogens is 166 g/mol. The SMILES string of the molecule is CC(CCCN)C(=O)OC(C)(C)C. The summed E-state index contributed by atoms with van der Waals surface area (Å²) in [7, 11) is 0. The van der Waals surface area contributed by atoms with E-state index in [0.29, 0.717) is 6.54 Å². The first-order chi connectivity index (χ1) is 5.87. The molecule has 0 aliphatic heterocycles. The first-order valence-electron chi connectivity index (χ1n) is 4.79. The Balaban J connectivity index is 3.83. The molecule has 0 radical (unpaired) electrons. The number of hydrogen-bond acceptors (Lipinski definition) is 3. The smallest absolute Gasteiger partial charge is 0.309 e. The fraction of sp³-hybridized carbons (Fsp3) is 0.900. The van der Waals surface area contributed by atoms with Gasteiger partial charge in [-0.3, -0.25) is 4.79 Å². The Morgan fingerprint density at radius 3 is 2.38 bits per heavy atom. The molecule has 1 atom stereocenters. The molecule has 0 aliphatic carbocycles. The summed E-state index contributed by atoms with van der Waals surface area (Å²) >= 11 is 0. The van der Waals surface area contributed by atoms with Crippen molar-refractivity contribution >= 4 is 5.97 Å². The van der Waals surface area contributed by atoms with E-state index in [9.17, 15) is 4.79 Å². The molecule has 0 aliphatic rings. The van der Waals surface area contributed by atoms with Gasteiger partial charge in [-0.05, 0) is 40.2 Å². The Morgan fingerprint density at radius 1 is 1.46 bits per heavy atom. The molecular formula is C10H21NO2. The number of ether oxygens (including phenoxy) is 1. The van der Waals surface area contributed by atoms with Crippen molar-refractivity contribution in [3.05, 3.63) is 0 Å². The summed E-state index contributed by atoms with van der Waals surface area (Å²) in [4.78, 5) is 11.4. The van der Waals surface area contributed by atoms with Crippen LogP contribution in [0.2, 0.25) is 0 Å². The zero-order chi connectivity index (χ0) is 10.5. The van der Waals surface area contributed by atoms with Crippen LogP contribution < -0.4 is 5.73 Å². The van der Waals surface area contributed by atoms with Crippen LogP contribution in [0.5, 0.6) is 0 Å². The summed E-state index contributed by atoms with van der Waals surface area (Å²) in [6, 6.07) is 0. The zero-order valence-electron chi connectivity index (χ0n) is 9.09. The maximum absolute atomic E-state index is 11.4. The lowest BCUT2D eigenvalue weighted by atomic mass is 10.1. The van der Waals surface area contributed by atoms with Crippen LogP contribution in [0, 0.1) is 5.92 Å². The van der Waals surface area contributed by atoms with Crippen LogP contribution in [0.25, 0.3) is 0 Å². The van der Waals surface area contributed by atoms with Crippen molar-refractivity contribution in [1.82, 2.24) is 0 Å². The topological polar surface area (TPSA) is 52.3 Å². The third kappa shape index (κ3) is 6.58. The average molecular weight is 187 g/mol. The molecule has 0 heterocycles. The highest BCUT2D eigenvalue weighted by Gasteiger charge is 2.20. The number of carbonyl (C=O) groups excluding carboxylic acids is 1. The van der Waals surface area contributed by atoms with Crippen molar-refractivity contribution in [3.63, 3.8) is 0 Å². The second-order valence-corrected chi connectivity index (χ2v) is 4.37. The van der Waals surface area contributed by atoms with Crippen molar-refractivity contribution in [2.24, 2.45) is 11.7 Å². The highest BCUT2D eigenvalue weighted by Crippen LogP contribution is 2.13. The summed E-state index contributed by atoms with van der Waals surface area (Å²) in [6.07, 6.45) is 1.69. The number of rotatable bonds is 4. The lowest BCUT2D eigenvalue weighted by Crippen LogP contribution is -2.27. The van der Waals surface area contributed by atoms with Gasteiger partial charge in [0.1, 0.15) is 5.60 Å². The largest absolute Gasteiger partial charge is 0.460 e. The average Bonchev–Trinajstić information content (AvgIpc) is 1.96. The van der Waals surface area contributed by atoms with E-state index in [1.807, 2.05) is 27.7 Å². The van der Waals surface area contributed by atoms with Gasteiger partial charge in [-0.15, -0.1) is 0 Å². The Bertz CT molecular complexity index is 161. The van der Waals surface area contributed by atoms with Gasteiger partial charge in [0, 0.05) is 0 Å². The van der Waals surface area contributed by atoms with E-state index in [4.69, 9.17) is 10.5 Å². The molecule has 0 fully saturated rings. The van der Waals surface area contributed by atoms with E-state index in [0.717, 1.165) is 12.8 Å². The van der Waals surface area contributed by atoms with Crippen LogP contribution in [0.15, 0.2) is 0 Å². The van der Waals surface area contributed by atoms with Crippen LogP contribution in [-0.4, -0.2) is 18.1 Å². The molecule has 0 amide bonds. The highest BCUT2D eigenvalue weighted by molar-refractivity contribution is 5.72. The number of esters is 1. The molecule has 0 saturated heterocycles. The first kappa shape index (κ1) is 12.4. The third-order valence-electron chi connectivity index (χ3n) is 1.65. The minimum atomic E-state index is -0.381. The van der Waals surface area contributed by atoms with Crippen LogP contribution in [0.3, 0.4) is 0 Å². The number of carbonyl (C=O) groups is 1. The van der Waals surface area contributed by atoms with Crippen molar-refractivity contribution in [2.75, 3.05) is 6.54 Å². The standard InChI is InChI=1S/C10H21NO2/c1-8(6-5-7-11)9(12)13-10(2,3)4/h8H,5-7,11H2,1-4H3. The Labute approximate surface area is 80.6 Å². The summed E-state index contributed by atoms with van der Waals surface area (Å²) in [5, 5.41) is 0. The second kappa shape index (κ2) is 5.22. The van der Waals surface area contributed by atoms with E-state index in [1.54, 1.807) is 0 Å². The molecule has 3 heteroatoms. The molecule has 3 nitrogen and oxygen atoms in total. The molecule has 0 aromatic heterocycles. The number of nitrogens with two attached hydrogens (primary N) is 1. The fourth-order valence-corrected chi connectivity index (χ4v) is 0.944. The summed E-state index contributed by atoms with van der Waals surface area (Å²) in [5.74, 6) is -0.163. The van der Waals surface area contributed by atoms with E-state index >= 15 is 0 Å². The Hall–Kier alpha value is -0.570. The maximum Gasteiger partial charge on any atom is 0.309 e. The van der Waals surface area contributed by atoms with Crippen molar-refractivity contribution in [3.8, 4) is 0 Å². The predicted molar refractivity (Wildman–Crippen MR) is 53.3 cm³/mol. The molecule has 0 rings (SSSR count). The van der Waals surface area contributed by atoms with Gasteiger partial charge in [-0.2, -0.15) is 0 Å². The molecule has 0 aromatic carbocycles. The third-order valence-corrected chi connectivity index (χ3v) is 1.65. The summed E-state index contributed by atoms with van der Waals surface area (Å²) in [6.45, 7) is 8.14. The van der Waals surface area contributed by atoms with Gasteiger partial charge < -0.3 is 10.5 Å². The van der Waals surface area contributed by atoms with Gasteiger partial charge >= 0.3 is 5.97 Å². The molecule has 2 N–H and O–H groups in total. The Morgan fingerprint density at radius 2 is 2.00 bits per heavy atom. The minimum absolute atomic E-state index is 0.0391. The van der Waals surface area contributed by atoms with Gasteiger partial charge in [0.05, 0.1) is 5.92 Å². The summed E-state index contributed by atoms with van der Waals surface area (Å²) in [5.41, 5.74) is 4.97. The van der Waals surface area contributed by atoms with Crippen LogP contribution in [-0.2, 0) is 9.53 Å². The number of hydrogen-bond donors (Lipinski definition) is 1. The van der Waals surface area contributed by atoms with Crippen molar-refractivity contribution < 1.29 is 9.53 Å². The van der Waals surface area contributed by atoms with E-state index in [-0.39, 0.29) is 17.5 Å². The van der Waals surface area contributed by atoms with Crippen molar-refractivity contribution in [2.45, 2.75) is 46.1 Å². The molecule has 0 spiro atoms. The normalized spacial score (nSPS) is 13.9. The van der Waals surface area contributed by atoms with Gasteiger partial charge in [-0.25, -0.2) is 0 Å². The molecule has 0 bridgehead atoms. The van der Waals surface area contributed by atoms with Crippen LogP contribution in [0.1, 0.15) is 40.5 Å². The van der Waals surface area contributed by atoms with E-state index in [1.165, 1.54) is 0 Å². The second-order valence-electron chi connectivity index (χ2n) is 4.37. The zero-order valence-corrected chi connectivity index (χ0v) is 9.09. The van der Waals surface area contributed by atoms with Crippen molar-refractivity contribution in [1.29, 1.82) is 0 Å². The van der Waals surface area contributed by atoms with Gasteiger partial charge in [-0.1, -0.05) is 6.92 Å². The van der Waals surface area contributed by atoms with Gasteiger partial charge in [0.15, 0.2) is 0 Å². The molecule has 13 heavy (non-hydrogen) atoms. The molecule has 1 unspecified atom stereocenters. The quantitative estimate of drug-likeness (QED) is 0.681. The molecule has 0 saturated carbocycles. The molecule has 78 valence electrons. The lowest BCUT2D eigenvalue weighted by Gasteiger charge is -2.22. The summed E-state index contributed by atoms with van der Waals surface area (Å²) < 4.78 is 5.22. The minimum Gasteiger partial charge on any atom is -0.460 e. The monoisotopic (exact) mass is 187 g/mol. The van der Waals surface area contributed by atoms with Crippen LogP contribution in [0.4, 0.5) is 0 Å². The fourth-order valence-electron chi connectivity index (χ4n) is 0.944. The lowest BCUT2D eigenvalue weighted by molar-refractivity contribution is -0.159. The van der Waals surface area contributed by atoms with Crippen LogP contribution >= 0.6 is 0 Å². The molecule has 0 aromatic rings. The van der Waals surface area contributed by atoms with Gasteiger partial charge in [0.2, 0.25) is 0 Å².